The fourth-order valence-corrected chi connectivity index (χ4v) is 3.25. The molecule has 4 amide bonds. The van der Waals surface area contributed by atoms with E-state index in [2.05, 4.69) is 0 Å². The minimum Gasteiger partial charge on any atom is -0.490 e. The highest BCUT2D eigenvalue weighted by molar-refractivity contribution is 6.42. The van der Waals surface area contributed by atoms with Crippen molar-refractivity contribution in [1.82, 2.24) is 9.80 Å². The highest BCUT2D eigenvalue weighted by atomic mass is 35.5. The van der Waals surface area contributed by atoms with Crippen molar-refractivity contribution in [1.29, 1.82) is 0 Å². The average Bonchev–Trinajstić information content (AvgIpc) is 2.76. The third-order valence-electron chi connectivity index (χ3n) is 4.60. The van der Waals surface area contributed by atoms with Crippen LogP contribution in [0.15, 0.2) is 42.0 Å². The largest absolute Gasteiger partial charge is 0.490 e. The molecule has 0 bridgehead atoms. The molecule has 3 rings (SSSR count). The van der Waals surface area contributed by atoms with Crippen LogP contribution >= 0.6 is 23.2 Å². The van der Waals surface area contributed by atoms with E-state index in [1.807, 2.05) is 13.0 Å². The van der Waals surface area contributed by atoms with Crippen molar-refractivity contribution in [2.45, 2.75) is 13.5 Å². The van der Waals surface area contributed by atoms with Gasteiger partial charge in [0.1, 0.15) is 12.2 Å². The second-order valence-electron chi connectivity index (χ2n) is 6.75. The summed E-state index contributed by atoms with van der Waals surface area (Å²) in [5.74, 6) is -0.386. The topological polar surface area (TPSA) is 76.2 Å². The molecule has 162 valence electrons. The zero-order valence-electron chi connectivity index (χ0n) is 17.1. The monoisotopic (exact) mass is 462 g/mol. The Balaban J connectivity index is 1.86. The third kappa shape index (κ3) is 4.84. The molecule has 0 atom stereocenters. The number of halogens is 2. The summed E-state index contributed by atoms with van der Waals surface area (Å²) in [4.78, 5) is 38.5. The predicted molar refractivity (Wildman–Crippen MR) is 117 cm³/mol. The quantitative estimate of drug-likeness (QED) is 0.469. The number of nitrogens with zero attached hydrogens (tertiary/aromatic N) is 2. The Morgan fingerprint density at radius 1 is 0.871 bits per heavy atom. The van der Waals surface area contributed by atoms with Gasteiger partial charge in [-0.3, -0.25) is 19.4 Å². The van der Waals surface area contributed by atoms with E-state index in [-0.39, 0.29) is 12.2 Å². The Labute approximate surface area is 189 Å². The minimum atomic E-state index is -0.673. The number of carbonyl (C=O) groups is 3. The van der Waals surface area contributed by atoms with Crippen LogP contribution in [-0.4, -0.2) is 48.3 Å². The van der Waals surface area contributed by atoms with Gasteiger partial charge in [-0.2, -0.15) is 0 Å². The molecule has 7 nitrogen and oxygen atoms in total. The Bertz CT molecular complexity index is 1060. The number of hydrogen-bond donors (Lipinski definition) is 0. The van der Waals surface area contributed by atoms with Crippen LogP contribution in [0.5, 0.6) is 11.5 Å². The summed E-state index contributed by atoms with van der Waals surface area (Å²) in [6.45, 7) is 2.46. The van der Waals surface area contributed by atoms with Gasteiger partial charge in [-0.1, -0.05) is 35.3 Å². The standard InChI is InChI=1S/C22H20Cl2N2O5/c1-4-30-19-11-13(9-15-20(27)25(2)22(29)26(3)21(15)28)6-8-18(19)31-12-14-5-7-16(23)17(24)10-14/h5-11H,4,12H2,1-3H3. The molecule has 0 spiro atoms. The summed E-state index contributed by atoms with van der Waals surface area (Å²) in [6.07, 6.45) is 1.43. The number of likely N-dealkylation sites (N-methyl/N-ethyl adjacent to an activating group) is 2. The van der Waals surface area contributed by atoms with Gasteiger partial charge < -0.3 is 9.47 Å². The summed E-state index contributed by atoms with van der Waals surface area (Å²) in [5, 5.41) is 0.896. The molecule has 31 heavy (non-hydrogen) atoms. The lowest BCUT2D eigenvalue weighted by atomic mass is 10.1. The smallest absolute Gasteiger partial charge is 0.333 e. The van der Waals surface area contributed by atoms with Crippen LogP contribution in [-0.2, 0) is 16.2 Å². The molecule has 1 aliphatic rings. The first kappa shape index (κ1) is 22.7. The van der Waals surface area contributed by atoms with Gasteiger partial charge in [-0.15, -0.1) is 0 Å². The zero-order valence-corrected chi connectivity index (χ0v) is 18.7. The average molecular weight is 463 g/mol. The molecule has 1 saturated heterocycles. The number of amides is 4. The van der Waals surface area contributed by atoms with Gasteiger partial charge >= 0.3 is 6.03 Å². The van der Waals surface area contributed by atoms with E-state index in [1.165, 1.54) is 20.2 Å². The van der Waals surface area contributed by atoms with Gasteiger partial charge in [-0.25, -0.2) is 4.79 Å². The molecule has 0 saturated carbocycles. The fourth-order valence-electron chi connectivity index (χ4n) is 2.93. The van der Waals surface area contributed by atoms with Crippen molar-refractivity contribution >= 4 is 47.1 Å². The summed E-state index contributed by atoms with van der Waals surface area (Å²) in [5.41, 5.74) is 1.27. The number of barbiturate groups is 1. The van der Waals surface area contributed by atoms with Crippen LogP contribution < -0.4 is 9.47 Å². The highest BCUT2D eigenvalue weighted by Gasteiger charge is 2.37. The molecule has 2 aromatic rings. The van der Waals surface area contributed by atoms with Crippen LogP contribution in [0.3, 0.4) is 0 Å². The summed E-state index contributed by atoms with van der Waals surface area (Å²) in [7, 11) is 2.65. The van der Waals surface area contributed by atoms with Crippen LogP contribution in [0.2, 0.25) is 10.0 Å². The van der Waals surface area contributed by atoms with Crippen molar-refractivity contribution in [3.63, 3.8) is 0 Å². The normalized spacial score (nSPS) is 14.2. The Kier molecular flexibility index (Phi) is 6.87. The maximum absolute atomic E-state index is 12.4. The maximum atomic E-state index is 12.4. The van der Waals surface area contributed by atoms with Gasteiger partial charge in [0.25, 0.3) is 11.8 Å². The van der Waals surface area contributed by atoms with Gasteiger partial charge in [0.2, 0.25) is 0 Å². The lowest BCUT2D eigenvalue weighted by Crippen LogP contribution is -2.52. The predicted octanol–water partition coefficient (Wildman–Crippen LogP) is 4.40. The fraction of sp³-hybridized carbons (Fsp3) is 0.227. The van der Waals surface area contributed by atoms with Crippen molar-refractivity contribution in [3.05, 3.63) is 63.1 Å². The SMILES string of the molecule is CCOc1cc(C=C2C(=O)N(C)C(=O)N(C)C2=O)ccc1OCc1ccc(Cl)c(Cl)c1. The third-order valence-corrected chi connectivity index (χ3v) is 5.34. The van der Waals surface area contributed by atoms with Gasteiger partial charge in [0.15, 0.2) is 11.5 Å². The number of rotatable bonds is 6. The maximum Gasteiger partial charge on any atom is 0.333 e. The van der Waals surface area contributed by atoms with E-state index in [4.69, 9.17) is 32.7 Å². The molecule has 0 aromatic heterocycles. The molecule has 1 fully saturated rings. The molecule has 9 heteroatoms. The molecule has 0 aliphatic carbocycles. The van der Waals surface area contributed by atoms with E-state index in [1.54, 1.807) is 30.3 Å². The van der Waals surface area contributed by atoms with Gasteiger partial charge in [0.05, 0.1) is 16.7 Å². The summed E-state index contributed by atoms with van der Waals surface area (Å²) in [6, 6.07) is 9.59. The van der Waals surface area contributed by atoms with Gasteiger partial charge in [-0.05, 0) is 48.4 Å². The molecule has 1 aliphatic heterocycles. The minimum absolute atomic E-state index is 0.114. The van der Waals surface area contributed by atoms with Crippen molar-refractivity contribution in [2.75, 3.05) is 20.7 Å². The first-order valence-electron chi connectivity index (χ1n) is 9.38. The lowest BCUT2D eigenvalue weighted by Gasteiger charge is -2.28. The van der Waals surface area contributed by atoms with E-state index >= 15 is 0 Å². The van der Waals surface area contributed by atoms with Crippen LogP contribution in [0.1, 0.15) is 18.1 Å². The first-order valence-corrected chi connectivity index (χ1v) is 10.1. The Morgan fingerprint density at radius 3 is 2.16 bits per heavy atom. The van der Waals surface area contributed by atoms with E-state index in [0.29, 0.717) is 33.7 Å². The second kappa shape index (κ2) is 9.41. The number of carbonyl (C=O) groups excluding carboxylic acids is 3. The lowest BCUT2D eigenvalue weighted by molar-refractivity contribution is -0.134. The molecule has 0 N–H and O–H groups in total. The highest BCUT2D eigenvalue weighted by Crippen LogP contribution is 2.31. The van der Waals surface area contributed by atoms with Crippen molar-refractivity contribution in [2.24, 2.45) is 0 Å². The Morgan fingerprint density at radius 2 is 1.55 bits per heavy atom. The number of imide groups is 2. The van der Waals surface area contributed by atoms with Crippen molar-refractivity contribution in [3.8, 4) is 11.5 Å². The summed E-state index contributed by atoms with van der Waals surface area (Å²) < 4.78 is 11.5. The number of hydrogen-bond acceptors (Lipinski definition) is 5. The summed E-state index contributed by atoms with van der Waals surface area (Å²) >= 11 is 12.0. The van der Waals surface area contributed by atoms with Gasteiger partial charge in [0, 0.05) is 14.1 Å². The number of urea groups is 1. The molecule has 0 radical (unpaired) electrons. The first-order chi connectivity index (χ1) is 14.7. The van der Waals surface area contributed by atoms with E-state index in [0.717, 1.165) is 15.4 Å². The van der Waals surface area contributed by atoms with Crippen molar-refractivity contribution < 1.29 is 23.9 Å². The molecule has 1 heterocycles. The number of benzene rings is 2. The Hall–Kier alpha value is -3.03. The van der Waals surface area contributed by atoms with Crippen LogP contribution in [0, 0.1) is 0 Å². The molecule has 2 aromatic carbocycles. The van der Waals surface area contributed by atoms with Crippen LogP contribution in [0.25, 0.3) is 6.08 Å². The molecular formula is C22H20Cl2N2O5. The second-order valence-corrected chi connectivity index (χ2v) is 7.56. The molecular weight excluding hydrogens is 443 g/mol. The van der Waals surface area contributed by atoms with E-state index < -0.39 is 17.8 Å². The van der Waals surface area contributed by atoms with E-state index in [9.17, 15) is 14.4 Å². The number of ether oxygens (including phenoxy) is 2. The van der Waals surface area contributed by atoms with Crippen LogP contribution in [0.4, 0.5) is 4.79 Å². The zero-order chi connectivity index (χ0) is 22.7. The molecule has 0 unspecified atom stereocenters.